The minimum absolute atomic E-state index is 0.0206. The van der Waals surface area contributed by atoms with E-state index in [-0.39, 0.29) is 22.8 Å². The number of fused-ring (bicyclic) bond motifs is 4. The molecule has 1 aliphatic heterocycles. The Morgan fingerprint density at radius 2 is 1.96 bits per heavy atom. The molecule has 0 bridgehead atoms. The second kappa shape index (κ2) is 5.64. The number of hydrogen-bond acceptors (Lipinski definition) is 3. The van der Waals surface area contributed by atoms with Crippen LogP contribution in [0.15, 0.2) is 6.07 Å². The highest BCUT2D eigenvalue weighted by atomic mass is 16.5. The van der Waals surface area contributed by atoms with Gasteiger partial charge in [-0.05, 0) is 67.4 Å². The molecular formula is C22H30O4. The van der Waals surface area contributed by atoms with Crippen molar-refractivity contribution in [2.75, 3.05) is 0 Å². The molecule has 0 radical (unpaired) electrons. The third-order valence-corrected chi connectivity index (χ3v) is 7.79. The molecule has 0 amide bonds. The van der Waals surface area contributed by atoms with Crippen molar-refractivity contribution in [2.45, 2.75) is 72.3 Å². The third-order valence-electron chi connectivity index (χ3n) is 7.79. The van der Waals surface area contributed by atoms with Gasteiger partial charge in [0.05, 0.1) is 0 Å². The first-order valence-electron chi connectivity index (χ1n) is 9.90. The Balaban J connectivity index is 1.77. The van der Waals surface area contributed by atoms with Crippen molar-refractivity contribution in [3.63, 3.8) is 0 Å². The summed E-state index contributed by atoms with van der Waals surface area (Å²) >= 11 is 0. The first-order chi connectivity index (χ1) is 12.1. The van der Waals surface area contributed by atoms with E-state index in [1.165, 1.54) is 25.7 Å². The quantitative estimate of drug-likeness (QED) is 0.746. The van der Waals surface area contributed by atoms with Crippen molar-refractivity contribution in [3.8, 4) is 11.5 Å². The van der Waals surface area contributed by atoms with Crippen molar-refractivity contribution < 1.29 is 19.7 Å². The minimum atomic E-state index is -1.07. The molecule has 4 atom stereocenters. The van der Waals surface area contributed by atoms with Gasteiger partial charge in [0, 0.05) is 11.5 Å². The van der Waals surface area contributed by atoms with Crippen molar-refractivity contribution in [1.29, 1.82) is 0 Å². The lowest BCUT2D eigenvalue weighted by molar-refractivity contribution is -0.121. The molecule has 4 rings (SSSR count). The predicted molar refractivity (Wildman–Crippen MR) is 99.9 cm³/mol. The highest BCUT2D eigenvalue weighted by Gasteiger charge is 2.56. The third kappa shape index (κ3) is 2.37. The van der Waals surface area contributed by atoms with Gasteiger partial charge in [-0.2, -0.15) is 0 Å². The lowest BCUT2D eigenvalue weighted by Gasteiger charge is -2.60. The van der Waals surface area contributed by atoms with Gasteiger partial charge < -0.3 is 14.9 Å². The standard InChI is InChI=1S/C22H30O4/c1-12-10-16-13(19(23)18(12)20(24)25)11-14-15(26-16)6-7-17-21(2,3)8-5-9-22(14,17)4/h10,14-15,17,23H,5-9,11H2,1-4H3,(H,24,25)/t14-,15+,17-,22+/m0/s1. The maximum atomic E-state index is 11.6. The zero-order valence-corrected chi connectivity index (χ0v) is 16.3. The Morgan fingerprint density at radius 3 is 2.65 bits per heavy atom. The van der Waals surface area contributed by atoms with E-state index in [1.54, 1.807) is 13.0 Å². The zero-order chi connectivity index (χ0) is 18.9. The number of carbonyl (C=O) groups is 1. The fourth-order valence-corrected chi connectivity index (χ4v) is 6.56. The van der Waals surface area contributed by atoms with E-state index in [0.717, 1.165) is 12.8 Å². The molecule has 2 N–H and O–H groups in total. The summed E-state index contributed by atoms with van der Waals surface area (Å²) in [4.78, 5) is 11.6. The van der Waals surface area contributed by atoms with Crippen LogP contribution in [0.25, 0.3) is 0 Å². The summed E-state index contributed by atoms with van der Waals surface area (Å²) in [6.07, 6.45) is 6.83. The van der Waals surface area contributed by atoms with Crippen molar-refractivity contribution in [2.24, 2.45) is 22.7 Å². The lowest BCUT2D eigenvalue weighted by atomic mass is 9.47. The molecule has 0 aromatic heterocycles. The van der Waals surface area contributed by atoms with Crippen molar-refractivity contribution >= 4 is 5.97 Å². The molecule has 4 nitrogen and oxygen atoms in total. The summed E-state index contributed by atoms with van der Waals surface area (Å²) in [5, 5.41) is 20.2. The average Bonchev–Trinajstić information content (AvgIpc) is 2.52. The molecule has 2 fully saturated rings. The molecule has 0 saturated heterocycles. The highest BCUT2D eigenvalue weighted by Crippen LogP contribution is 2.62. The van der Waals surface area contributed by atoms with Gasteiger partial charge in [0.25, 0.3) is 0 Å². The van der Waals surface area contributed by atoms with Crippen LogP contribution in [0.3, 0.4) is 0 Å². The molecule has 2 aliphatic carbocycles. The molecule has 26 heavy (non-hydrogen) atoms. The molecule has 1 heterocycles. The number of aromatic hydroxyl groups is 1. The molecule has 142 valence electrons. The highest BCUT2D eigenvalue weighted by molar-refractivity contribution is 5.93. The number of carboxylic acid groups (broad SMARTS) is 1. The Kier molecular flexibility index (Phi) is 3.84. The molecular weight excluding hydrogens is 328 g/mol. The second-order valence-electron chi connectivity index (χ2n) is 9.64. The van der Waals surface area contributed by atoms with Crippen LogP contribution in [0.2, 0.25) is 0 Å². The average molecular weight is 358 g/mol. The van der Waals surface area contributed by atoms with Crippen LogP contribution in [0, 0.1) is 29.6 Å². The normalized spacial score (nSPS) is 34.8. The Hall–Kier alpha value is -1.71. The lowest BCUT2D eigenvalue weighted by Crippen LogP contribution is -2.56. The molecule has 0 spiro atoms. The summed E-state index contributed by atoms with van der Waals surface area (Å²) < 4.78 is 6.36. The monoisotopic (exact) mass is 358 g/mol. The van der Waals surface area contributed by atoms with Crippen LogP contribution in [0.4, 0.5) is 0 Å². The van der Waals surface area contributed by atoms with E-state index < -0.39 is 5.97 Å². The van der Waals surface area contributed by atoms with Gasteiger partial charge in [-0.15, -0.1) is 0 Å². The maximum absolute atomic E-state index is 11.6. The Labute approximate surface area is 155 Å². The molecule has 3 aliphatic rings. The number of rotatable bonds is 1. The summed E-state index contributed by atoms with van der Waals surface area (Å²) in [5.41, 5.74) is 1.79. The fourth-order valence-electron chi connectivity index (χ4n) is 6.56. The van der Waals surface area contributed by atoms with Gasteiger partial charge in [0.15, 0.2) is 0 Å². The molecule has 1 aromatic carbocycles. The van der Waals surface area contributed by atoms with Crippen LogP contribution in [-0.4, -0.2) is 22.3 Å². The topological polar surface area (TPSA) is 66.8 Å². The SMILES string of the molecule is Cc1cc2c(c(O)c1C(=O)O)C[C@H]1[C@@H](CC[C@H]3C(C)(C)CCC[C@]13C)O2. The number of ether oxygens (including phenoxy) is 1. The molecule has 2 saturated carbocycles. The van der Waals surface area contributed by atoms with E-state index in [4.69, 9.17) is 4.74 Å². The number of aromatic carboxylic acids is 1. The predicted octanol–water partition coefficient (Wildman–Crippen LogP) is 4.94. The Morgan fingerprint density at radius 1 is 1.23 bits per heavy atom. The number of aryl methyl sites for hydroxylation is 1. The van der Waals surface area contributed by atoms with Gasteiger partial charge in [0.1, 0.15) is 23.2 Å². The van der Waals surface area contributed by atoms with Crippen LogP contribution in [0.5, 0.6) is 11.5 Å². The molecule has 1 aromatic rings. The zero-order valence-electron chi connectivity index (χ0n) is 16.3. The summed E-state index contributed by atoms with van der Waals surface area (Å²) in [6, 6.07) is 1.80. The largest absolute Gasteiger partial charge is 0.507 e. The number of benzene rings is 1. The van der Waals surface area contributed by atoms with Crippen LogP contribution in [0.1, 0.15) is 74.4 Å². The first-order valence-corrected chi connectivity index (χ1v) is 9.90. The van der Waals surface area contributed by atoms with Gasteiger partial charge in [0.2, 0.25) is 0 Å². The van der Waals surface area contributed by atoms with Gasteiger partial charge in [-0.1, -0.05) is 27.2 Å². The number of hydrogen-bond donors (Lipinski definition) is 2. The van der Waals surface area contributed by atoms with E-state index in [1.807, 2.05) is 0 Å². The van der Waals surface area contributed by atoms with Gasteiger partial charge in [-0.25, -0.2) is 4.79 Å². The molecule has 0 unspecified atom stereocenters. The second-order valence-corrected chi connectivity index (χ2v) is 9.64. The van der Waals surface area contributed by atoms with Crippen LogP contribution >= 0.6 is 0 Å². The smallest absolute Gasteiger partial charge is 0.339 e. The number of carboxylic acids is 1. The Bertz CT molecular complexity index is 766. The van der Waals surface area contributed by atoms with E-state index >= 15 is 0 Å². The summed E-state index contributed by atoms with van der Waals surface area (Å²) in [7, 11) is 0. The van der Waals surface area contributed by atoms with Crippen LogP contribution in [-0.2, 0) is 6.42 Å². The van der Waals surface area contributed by atoms with Gasteiger partial charge in [-0.3, -0.25) is 0 Å². The first kappa shape index (κ1) is 17.7. The van der Waals surface area contributed by atoms with E-state index in [9.17, 15) is 15.0 Å². The van der Waals surface area contributed by atoms with Crippen molar-refractivity contribution in [1.82, 2.24) is 0 Å². The van der Waals surface area contributed by atoms with Gasteiger partial charge >= 0.3 is 5.97 Å². The van der Waals surface area contributed by atoms with Crippen LogP contribution < -0.4 is 4.74 Å². The molecule has 4 heteroatoms. The van der Waals surface area contributed by atoms with E-state index in [0.29, 0.717) is 34.1 Å². The maximum Gasteiger partial charge on any atom is 0.339 e. The fraction of sp³-hybridized carbons (Fsp3) is 0.682. The summed E-state index contributed by atoms with van der Waals surface area (Å²) in [5.74, 6) is 0.511. The number of phenols is 1. The van der Waals surface area contributed by atoms with E-state index in [2.05, 4.69) is 20.8 Å². The summed E-state index contributed by atoms with van der Waals surface area (Å²) in [6.45, 7) is 8.93. The minimum Gasteiger partial charge on any atom is -0.507 e. The van der Waals surface area contributed by atoms with Crippen molar-refractivity contribution in [3.05, 3.63) is 22.8 Å².